The molecule has 1 aliphatic heterocycles. The fraction of sp³-hybridized carbons (Fsp3) is 0.423. The molecule has 2 amide bonds. The number of aliphatic carboxylic acids is 1. The normalized spacial score (nSPS) is 18.2. The SMILES string of the molecule is Cc1ccc(S(=O)(=O)N2CCC(C)(C)[C@H]2C(=O)N(c2ccc(OC(=O)N(C)C)cc2)[C@@H](C)C(=O)O)cc1. The Morgan fingerprint density at radius 2 is 1.62 bits per heavy atom. The Morgan fingerprint density at radius 1 is 1.05 bits per heavy atom. The molecule has 3 rings (SSSR count). The summed E-state index contributed by atoms with van der Waals surface area (Å²) in [4.78, 5) is 40.3. The van der Waals surface area contributed by atoms with Gasteiger partial charge in [-0.3, -0.25) is 9.69 Å². The van der Waals surface area contributed by atoms with Crippen LogP contribution in [0.25, 0.3) is 0 Å². The van der Waals surface area contributed by atoms with Crippen molar-refractivity contribution in [3.63, 3.8) is 0 Å². The van der Waals surface area contributed by atoms with E-state index in [1.165, 1.54) is 66.6 Å². The monoisotopic (exact) mass is 531 g/mol. The predicted octanol–water partition coefficient (Wildman–Crippen LogP) is 3.35. The molecule has 1 heterocycles. The highest BCUT2D eigenvalue weighted by Crippen LogP contribution is 2.41. The van der Waals surface area contributed by atoms with Gasteiger partial charge in [0.25, 0.3) is 0 Å². The molecular weight excluding hydrogens is 498 g/mol. The molecule has 2 aromatic carbocycles. The topological polar surface area (TPSA) is 125 Å². The number of hydrogen-bond acceptors (Lipinski definition) is 6. The first kappa shape index (κ1) is 28.1. The van der Waals surface area contributed by atoms with Crippen LogP contribution in [-0.2, 0) is 19.6 Å². The van der Waals surface area contributed by atoms with Gasteiger partial charge in [-0.15, -0.1) is 0 Å². The summed E-state index contributed by atoms with van der Waals surface area (Å²) in [6, 6.07) is 9.80. The lowest BCUT2D eigenvalue weighted by Crippen LogP contribution is -2.56. The van der Waals surface area contributed by atoms with Crippen molar-refractivity contribution in [2.45, 2.75) is 51.1 Å². The summed E-state index contributed by atoms with van der Waals surface area (Å²) in [6.45, 7) is 6.93. The van der Waals surface area contributed by atoms with Crippen molar-refractivity contribution in [1.29, 1.82) is 0 Å². The van der Waals surface area contributed by atoms with E-state index in [-0.39, 0.29) is 22.9 Å². The van der Waals surface area contributed by atoms with Gasteiger partial charge in [0.15, 0.2) is 0 Å². The summed E-state index contributed by atoms with van der Waals surface area (Å²) in [7, 11) is -0.968. The molecule has 1 fully saturated rings. The van der Waals surface area contributed by atoms with Crippen molar-refractivity contribution in [3.05, 3.63) is 54.1 Å². The molecule has 1 aliphatic rings. The van der Waals surface area contributed by atoms with Gasteiger partial charge < -0.3 is 14.7 Å². The van der Waals surface area contributed by atoms with Crippen molar-refractivity contribution >= 4 is 33.7 Å². The number of sulfonamides is 1. The van der Waals surface area contributed by atoms with Gasteiger partial charge >= 0.3 is 12.1 Å². The van der Waals surface area contributed by atoms with Crippen molar-refractivity contribution in [1.82, 2.24) is 9.21 Å². The van der Waals surface area contributed by atoms with E-state index in [1.807, 2.05) is 6.92 Å². The number of nitrogens with zero attached hydrogens (tertiary/aromatic N) is 3. The lowest BCUT2D eigenvalue weighted by atomic mass is 9.84. The number of aryl methyl sites for hydroxylation is 1. The summed E-state index contributed by atoms with van der Waals surface area (Å²) < 4.78 is 33.6. The third-order valence-electron chi connectivity index (χ3n) is 6.53. The zero-order valence-corrected chi connectivity index (χ0v) is 22.7. The number of rotatable bonds is 7. The van der Waals surface area contributed by atoms with E-state index in [4.69, 9.17) is 4.74 Å². The molecule has 0 saturated carbocycles. The third kappa shape index (κ3) is 5.78. The van der Waals surface area contributed by atoms with Crippen LogP contribution in [0.5, 0.6) is 5.75 Å². The van der Waals surface area contributed by atoms with Gasteiger partial charge in [-0.25, -0.2) is 18.0 Å². The quantitative estimate of drug-likeness (QED) is 0.581. The number of amides is 2. The first-order valence-electron chi connectivity index (χ1n) is 11.8. The van der Waals surface area contributed by atoms with E-state index in [0.717, 1.165) is 10.5 Å². The van der Waals surface area contributed by atoms with Gasteiger partial charge in [0.2, 0.25) is 15.9 Å². The molecule has 1 N–H and O–H groups in total. The molecule has 0 spiro atoms. The average molecular weight is 532 g/mol. The highest BCUT2D eigenvalue weighted by molar-refractivity contribution is 7.89. The van der Waals surface area contributed by atoms with Crippen LogP contribution in [0, 0.1) is 12.3 Å². The molecule has 11 heteroatoms. The fourth-order valence-electron chi connectivity index (χ4n) is 4.27. The van der Waals surface area contributed by atoms with Crippen LogP contribution in [0.2, 0.25) is 0 Å². The second kappa shape index (κ2) is 10.5. The first-order chi connectivity index (χ1) is 17.2. The Hall–Kier alpha value is -3.44. The number of carboxylic acids is 1. The summed E-state index contributed by atoms with van der Waals surface area (Å²) in [6.07, 6.45) is -0.173. The summed E-state index contributed by atoms with van der Waals surface area (Å²) in [5.41, 5.74) is 0.376. The minimum Gasteiger partial charge on any atom is -0.480 e. The average Bonchev–Trinajstić information content (AvgIpc) is 3.15. The predicted molar refractivity (Wildman–Crippen MR) is 138 cm³/mol. The smallest absolute Gasteiger partial charge is 0.414 e. The lowest BCUT2D eigenvalue weighted by molar-refractivity contribution is -0.140. The summed E-state index contributed by atoms with van der Waals surface area (Å²) >= 11 is 0. The van der Waals surface area contributed by atoms with E-state index < -0.39 is 45.5 Å². The standard InChI is InChI=1S/C26H33N3O7S/c1-17-7-13-21(14-8-17)37(34,35)28-16-15-26(3,4)22(28)23(30)29(18(2)24(31)32)19-9-11-20(12-10-19)36-25(33)27(5)6/h7-14,18,22H,15-16H2,1-6H3,(H,31,32)/t18-,22+/m0/s1. The maximum atomic E-state index is 14.1. The maximum absolute atomic E-state index is 14.1. The Balaban J connectivity index is 2.02. The van der Waals surface area contributed by atoms with E-state index in [9.17, 15) is 27.9 Å². The zero-order chi connectivity index (χ0) is 27.7. The number of carboxylic acid groups (broad SMARTS) is 1. The maximum Gasteiger partial charge on any atom is 0.414 e. The third-order valence-corrected chi connectivity index (χ3v) is 8.41. The number of ether oxygens (including phenoxy) is 1. The summed E-state index contributed by atoms with van der Waals surface area (Å²) in [5.74, 6) is -1.69. The van der Waals surface area contributed by atoms with E-state index in [0.29, 0.717) is 6.42 Å². The molecule has 1 saturated heterocycles. The van der Waals surface area contributed by atoms with Crippen LogP contribution in [0.1, 0.15) is 32.8 Å². The molecule has 2 aromatic rings. The molecule has 10 nitrogen and oxygen atoms in total. The second-order valence-corrected chi connectivity index (χ2v) is 11.9. The van der Waals surface area contributed by atoms with E-state index in [1.54, 1.807) is 26.0 Å². The van der Waals surface area contributed by atoms with E-state index >= 15 is 0 Å². The van der Waals surface area contributed by atoms with Gasteiger partial charge in [-0.1, -0.05) is 31.5 Å². The molecule has 2 atom stereocenters. The lowest BCUT2D eigenvalue weighted by Gasteiger charge is -2.37. The van der Waals surface area contributed by atoms with Crippen LogP contribution in [0.15, 0.2) is 53.4 Å². The van der Waals surface area contributed by atoms with Crippen molar-refractivity contribution in [2.24, 2.45) is 5.41 Å². The van der Waals surface area contributed by atoms with Gasteiger partial charge in [-0.2, -0.15) is 4.31 Å². The second-order valence-electron chi connectivity index (χ2n) is 10.0. The van der Waals surface area contributed by atoms with Crippen LogP contribution in [-0.4, -0.2) is 73.4 Å². The van der Waals surface area contributed by atoms with Crippen molar-refractivity contribution < 1.29 is 32.6 Å². The Morgan fingerprint density at radius 3 is 2.14 bits per heavy atom. The molecule has 0 unspecified atom stereocenters. The number of carbonyl (C=O) groups is 3. The molecule has 0 aliphatic carbocycles. The number of benzene rings is 2. The van der Waals surface area contributed by atoms with Gasteiger partial charge in [0.05, 0.1) is 4.90 Å². The molecule has 0 aromatic heterocycles. The molecule has 0 bridgehead atoms. The minimum atomic E-state index is -4.03. The van der Waals surface area contributed by atoms with Crippen molar-refractivity contribution in [3.8, 4) is 5.75 Å². The molecule has 37 heavy (non-hydrogen) atoms. The Labute approximate surface area is 217 Å². The molecule has 0 radical (unpaired) electrons. The zero-order valence-electron chi connectivity index (χ0n) is 21.8. The molecule has 200 valence electrons. The van der Waals surface area contributed by atoms with E-state index in [2.05, 4.69) is 0 Å². The van der Waals surface area contributed by atoms with Crippen LogP contribution < -0.4 is 9.64 Å². The van der Waals surface area contributed by atoms with Crippen LogP contribution >= 0.6 is 0 Å². The molecular formula is C26H33N3O7S. The van der Waals surface area contributed by atoms with Crippen molar-refractivity contribution in [2.75, 3.05) is 25.5 Å². The van der Waals surface area contributed by atoms with Gasteiger partial charge in [0, 0.05) is 26.3 Å². The number of anilines is 1. The highest BCUT2D eigenvalue weighted by Gasteiger charge is 2.52. The highest BCUT2D eigenvalue weighted by atomic mass is 32.2. The Bertz CT molecular complexity index is 1270. The Kier molecular flexibility index (Phi) is 7.99. The van der Waals surface area contributed by atoms with Crippen LogP contribution in [0.3, 0.4) is 0 Å². The van der Waals surface area contributed by atoms with Gasteiger partial charge in [-0.05, 0) is 62.1 Å². The summed E-state index contributed by atoms with van der Waals surface area (Å²) in [5, 5.41) is 9.80. The minimum absolute atomic E-state index is 0.0681. The number of carbonyl (C=O) groups excluding carboxylic acids is 2. The van der Waals surface area contributed by atoms with Gasteiger partial charge in [0.1, 0.15) is 17.8 Å². The first-order valence-corrected chi connectivity index (χ1v) is 13.2. The number of hydrogen-bond donors (Lipinski definition) is 1. The van der Waals surface area contributed by atoms with Crippen LogP contribution in [0.4, 0.5) is 10.5 Å². The fourth-order valence-corrected chi connectivity index (χ4v) is 6.00. The largest absolute Gasteiger partial charge is 0.480 e.